The molecule has 152 valence electrons. The molecule has 3 rings (SSSR count). The number of ether oxygens (including phenoxy) is 1. The van der Waals surface area contributed by atoms with E-state index >= 15 is 0 Å². The topological polar surface area (TPSA) is 90.0 Å². The molecular formula is C21H27N2O5-. The van der Waals surface area contributed by atoms with E-state index in [2.05, 4.69) is 0 Å². The van der Waals surface area contributed by atoms with E-state index in [1.165, 1.54) is 4.90 Å². The minimum absolute atomic E-state index is 0.0797. The number of piperidine rings is 1. The molecule has 1 aromatic rings. The number of carbonyl (C=O) groups excluding carboxylic acids is 3. The Morgan fingerprint density at radius 1 is 1.21 bits per heavy atom. The Hall–Kier alpha value is -2.41. The number of aliphatic carboxylic acids is 1. The van der Waals surface area contributed by atoms with Crippen molar-refractivity contribution in [2.75, 3.05) is 19.7 Å². The molecule has 0 bridgehead atoms. The number of likely N-dealkylation sites (tertiary alicyclic amines) is 1. The van der Waals surface area contributed by atoms with Gasteiger partial charge in [0, 0.05) is 37.9 Å². The molecule has 7 nitrogen and oxygen atoms in total. The Morgan fingerprint density at radius 2 is 1.86 bits per heavy atom. The number of carboxylic acids is 1. The third kappa shape index (κ3) is 3.76. The van der Waals surface area contributed by atoms with Crippen LogP contribution in [0.3, 0.4) is 0 Å². The number of nitrogens with zero attached hydrogens (tertiary/aromatic N) is 2. The highest BCUT2D eigenvalue weighted by molar-refractivity contribution is 5.98. The summed E-state index contributed by atoms with van der Waals surface area (Å²) in [5.41, 5.74) is 0.215. The fourth-order valence-electron chi connectivity index (χ4n) is 4.07. The van der Waals surface area contributed by atoms with Crippen LogP contribution in [0.15, 0.2) is 24.3 Å². The molecule has 1 atom stereocenters. The van der Waals surface area contributed by atoms with Gasteiger partial charge in [-0.2, -0.15) is 0 Å². The minimum Gasteiger partial charge on any atom is -0.548 e. The molecule has 7 heteroatoms. The lowest BCUT2D eigenvalue weighted by Gasteiger charge is -2.45. The van der Waals surface area contributed by atoms with Crippen LogP contribution in [0.4, 0.5) is 0 Å². The van der Waals surface area contributed by atoms with Crippen molar-refractivity contribution in [3.8, 4) is 0 Å². The van der Waals surface area contributed by atoms with Crippen molar-refractivity contribution in [1.82, 2.24) is 9.80 Å². The number of benzene rings is 1. The molecule has 2 saturated heterocycles. The molecule has 2 aliphatic rings. The van der Waals surface area contributed by atoms with Crippen molar-refractivity contribution in [2.45, 2.75) is 51.8 Å². The SMILES string of the molecule is Cc1ccccc1C(=O)N1[C@H](C(=O)[O-])COC12CCN(C(=O)CC(C)C)CC2. The fraction of sp³-hybridized carbons (Fsp3) is 0.571. The van der Waals surface area contributed by atoms with Gasteiger partial charge in [0.2, 0.25) is 5.91 Å². The molecule has 0 aromatic heterocycles. The molecule has 1 spiro atoms. The summed E-state index contributed by atoms with van der Waals surface area (Å²) in [5.74, 6) is -1.34. The van der Waals surface area contributed by atoms with E-state index in [-0.39, 0.29) is 24.3 Å². The summed E-state index contributed by atoms with van der Waals surface area (Å²) < 4.78 is 5.91. The lowest BCUT2D eigenvalue weighted by molar-refractivity contribution is -0.310. The van der Waals surface area contributed by atoms with Gasteiger partial charge in [0.1, 0.15) is 5.72 Å². The average molecular weight is 387 g/mol. The van der Waals surface area contributed by atoms with Gasteiger partial charge in [0.05, 0.1) is 18.6 Å². The molecule has 0 saturated carbocycles. The normalized spacial score (nSPS) is 21.4. The molecule has 2 fully saturated rings. The largest absolute Gasteiger partial charge is 0.548 e. The molecule has 0 aliphatic carbocycles. The van der Waals surface area contributed by atoms with Crippen LogP contribution in [0.2, 0.25) is 0 Å². The first-order valence-corrected chi connectivity index (χ1v) is 9.77. The third-order valence-corrected chi connectivity index (χ3v) is 5.61. The zero-order valence-electron chi connectivity index (χ0n) is 16.6. The van der Waals surface area contributed by atoms with Gasteiger partial charge in [0.25, 0.3) is 5.91 Å². The molecule has 0 radical (unpaired) electrons. The van der Waals surface area contributed by atoms with Crippen molar-refractivity contribution in [3.05, 3.63) is 35.4 Å². The van der Waals surface area contributed by atoms with Crippen molar-refractivity contribution < 1.29 is 24.2 Å². The highest BCUT2D eigenvalue weighted by Crippen LogP contribution is 2.38. The molecule has 2 heterocycles. The molecule has 0 N–H and O–H groups in total. The Morgan fingerprint density at radius 3 is 2.43 bits per heavy atom. The Balaban J connectivity index is 1.84. The first-order valence-electron chi connectivity index (χ1n) is 9.77. The maximum absolute atomic E-state index is 13.3. The first kappa shape index (κ1) is 20.3. The van der Waals surface area contributed by atoms with Gasteiger partial charge in [-0.3, -0.25) is 14.5 Å². The van der Waals surface area contributed by atoms with E-state index in [1.54, 1.807) is 17.0 Å². The molecule has 0 unspecified atom stereocenters. The van der Waals surface area contributed by atoms with Crippen molar-refractivity contribution >= 4 is 17.8 Å². The lowest BCUT2D eigenvalue weighted by Crippen LogP contribution is -2.60. The summed E-state index contributed by atoms with van der Waals surface area (Å²) in [6.07, 6.45) is 1.25. The van der Waals surface area contributed by atoms with Gasteiger partial charge in [-0.05, 0) is 24.5 Å². The smallest absolute Gasteiger partial charge is 0.257 e. The number of aryl methyl sites for hydroxylation is 1. The standard InChI is InChI=1S/C21H28N2O5/c1-14(2)12-18(24)22-10-8-21(9-11-22)23(17(13-28-21)20(26)27)19(25)16-7-5-4-6-15(16)3/h4-7,14,17H,8-13H2,1-3H3,(H,26,27)/p-1/t17-/m0/s1. The summed E-state index contributed by atoms with van der Waals surface area (Å²) >= 11 is 0. The van der Waals surface area contributed by atoms with E-state index in [9.17, 15) is 19.5 Å². The highest BCUT2D eigenvalue weighted by atomic mass is 16.5. The highest BCUT2D eigenvalue weighted by Gasteiger charge is 2.52. The molecular weight excluding hydrogens is 360 g/mol. The number of hydrogen-bond donors (Lipinski definition) is 0. The zero-order valence-corrected chi connectivity index (χ0v) is 16.6. The number of carboxylic acid groups (broad SMARTS) is 1. The number of carbonyl (C=O) groups is 3. The van der Waals surface area contributed by atoms with Gasteiger partial charge in [-0.15, -0.1) is 0 Å². The maximum atomic E-state index is 13.3. The Labute approximate surface area is 165 Å². The van der Waals surface area contributed by atoms with E-state index in [4.69, 9.17) is 4.74 Å². The third-order valence-electron chi connectivity index (χ3n) is 5.61. The lowest BCUT2D eigenvalue weighted by atomic mass is 9.95. The van der Waals surface area contributed by atoms with Gasteiger partial charge >= 0.3 is 0 Å². The second-order valence-electron chi connectivity index (χ2n) is 8.06. The maximum Gasteiger partial charge on any atom is 0.257 e. The second kappa shape index (κ2) is 7.91. The van der Waals surface area contributed by atoms with Gasteiger partial charge in [-0.1, -0.05) is 32.0 Å². The number of amides is 2. The molecule has 28 heavy (non-hydrogen) atoms. The van der Waals surface area contributed by atoms with Crippen LogP contribution in [0.1, 0.15) is 49.0 Å². The predicted octanol–water partition coefficient (Wildman–Crippen LogP) is 0.951. The van der Waals surface area contributed by atoms with Gasteiger partial charge in [0.15, 0.2) is 0 Å². The Kier molecular flexibility index (Phi) is 5.74. The summed E-state index contributed by atoms with van der Waals surface area (Å²) in [7, 11) is 0. The number of rotatable bonds is 4. The van der Waals surface area contributed by atoms with E-state index in [1.807, 2.05) is 32.9 Å². The summed E-state index contributed by atoms with van der Waals surface area (Å²) in [4.78, 5) is 40.5. The van der Waals surface area contributed by atoms with Crippen molar-refractivity contribution in [2.24, 2.45) is 5.92 Å². The molecule has 2 amide bonds. The van der Waals surface area contributed by atoms with E-state index < -0.39 is 17.7 Å². The van der Waals surface area contributed by atoms with Crippen LogP contribution in [-0.2, 0) is 14.3 Å². The van der Waals surface area contributed by atoms with Crippen LogP contribution >= 0.6 is 0 Å². The summed E-state index contributed by atoms with van der Waals surface area (Å²) in [5, 5.41) is 11.7. The predicted molar refractivity (Wildman–Crippen MR) is 100 cm³/mol. The number of hydrogen-bond acceptors (Lipinski definition) is 5. The van der Waals surface area contributed by atoms with Crippen molar-refractivity contribution in [1.29, 1.82) is 0 Å². The second-order valence-corrected chi connectivity index (χ2v) is 8.06. The van der Waals surface area contributed by atoms with Crippen LogP contribution in [0.25, 0.3) is 0 Å². The van der Waals surface area contributed by atoms with E-state index in [0.717, 1.165) is 5.56 Å². The van der Waals surface area contributed by atoms with Crippen LogP contribution in [-0.4, -0.2) is 59.0 Å². The van der Waals surface area contributed by atoms with Crippen LogP contribution < -0.4 is 5.11 Å². The summed E-state index contributed by atoms with van der Waals surface area (Å²) in [6, 6.07) is 5.96. The zero-order chi connectivity index (χ0) is 20.5. The van der Waals surface area contributed by atoms with Crippen molar-refractivity contribution in [3.63, 3.8) is 0 Å². The quantitative estimate of drug-likeness (QED) is 0.767. The Bertz CT molecular complexity index is 768. The monoisotopic (exact) mass is 387 g/mol. The molecule has 2 aliphatic heterocycles. The van der Waals surface area contributed by atoms with E-state index in [0.29, 0.717) is 37.9 Å². The minimum atomic E-state index is -1.32. The summed E-state index contributed by atoms with van der Waals surface area (Å²) in [6.45, 7) is 6.58. The average Bonchev–Trinajstić information content (AvgIpc) is 3.00. The molecule has 1 aromatic carbocycles. The van der Waals surface area contributed by atoms with Crippen LogP contribution in [0.5, 0.6) is 0 Å². The fourth-order valence-corrected chi connectivity index (χ4v) is 4.07. The van der Waals surface area contributed by atoms with Crippen LogP contribution in [0, 0.1) is 12.8 Å². The van der Waals surface area contributed by atoms with Gasteiger partial charge < -0.3 is 19.5 Å². The van der Waals surface area contributed by atoms with Gasteiger partial charge in [-0.25, -0.2) is 0 Å². The first-order chi connectivity index (χ1) is 13.2.